The van der Waals surface area contributed by atoms with Crippen LogP contribution in [0.15, 0.2) is 12.1 Å². The second kappa shape index (κ2) is 5.77. The second-order valence-electron chi connectivity index (χ2n) is 4.36. The van der Waals surface area contributed by atoms with E-state index in [0.29, 0.717) is 24.8 Å². The normalized spacial score (nSPS) is 19.0. The molecule has 1 fully saturated rings. The lowest BCUT2D eigenvalue weighted by molar-refractivity contribution is 0.0950. The van der Waals surface area contributed by atoms with Gasteiger partial charge in [0.2, 0.25) is 0 Å². The lowest BCUT2D eigenvalue weighted by Crippen LogP contribution is -2.36. The summed E-state index contributed by atoms with van der Waals surface area (Å²) in [6, 6.07) is 3.89. The fraction of sp³-hybridized carbons (Fsp3) is 0.583. The van der Waals surface area contributed by atoms with E-state index in [1.807, 2.05) is 13.0 Å². The summed E-state index contributed by atoms with van der Waals surface area (Å²) in [5.41, 5.74) is 6.08. The highest BCUT2D eigenvalue weighted by molar-refractivity contribution is 5.92. The molecule has 1 atom stereocenters. The molecule has 1 unspecified atom stereocenters. The molecule has 3 N–H and O–H groups in total. The van der Waals surface area contributed by atoms with Gasteiger partial charge in [-0.3, -0.25) is 4.79 Å². The van der Waals surface area contributed by atoms with E-state index in [4.69, 9.17) is 5.73 Å². The summed E-state index contributed by atoms with van der Waals surface area (Å²) < 4.78 is 0. The summed E-state index contributed by atoms with van der Waals surface area (Å²) in [5.74, 6) is 0.615. The molecule has 0 aromatic carbocycles. The van der Waals surface area contributed by atoms with Crippen molar-refractivity contribution in [1.29, 1.82) is 0 Å². The number of amides is 1. The Morgan fingerprint density at radius 1 is 1.56 bits per heavy atom. The van der Waals surface area contributed by atoms with Crippen LogP contribution in [-0.2, 0) is 0 Å². The van der Waals surface area contributed by atoms with Crippen molar-refractivity contribution in [3.63, 3.8) is 0 Å². The van der Waals surface area contributed by atoms with E-state index in [-0.39, 0.29) is 5.91 Å². The van der Waals surface area contributed by atoms with Crippen molar-refractivity contribution in [1.82, 2.24) is 15.5 Å². The predicted molar refractivity (Wildman–Crippen MR) is 69.5 cm³/mol. The molecule has 1 saturated heterocycles. The Hall–Kier alpha value is -1.69. The van der Waals surface area contributed by atoms with Gasteiger partial charge in [0.15, 0.2) is 11.5 Å². The van der Waals surface area contributed by atoms with Crippen LogP contribution in [0.3, 0.4) is 0 Å². The van der Waals surface area contributed by atoms with E-state index in [1.54, 1.807) is 6.07 Å². The number of nitrogens with one attached hydrogen (secondary N) is 1. The van der Waals surface area contributed by atoms with Gasteiger partial charge in [-0.25, -0.2) is 0 Å². The third kappa shape index (κ3) is 2.59. The van der Waals surface area contributed by atoms with E-state index in [0.717, 1.165) is 25.2 Å². The molecule has 2 heterocycles. The van der Waals surface area contributed by atoms with Crippen molar-refractivity contribution < 1.29 is 4.79 Å². The minimum absolute atomic E-state index is 0.187. The number of hydrogen-bond donors (Lipinski definition) is 2. The highest BCUT2D eigenvalue weighted by Crippen LogP contribution is 2.22. The summed E-state index contributed by atoms with van der Waals surface area (Å²) in [5, 5.41) is 10.8. The Morgan fingerprint density at radius 3 is 3.00 bits per heavy atom. The average Bonchev–Trinajstić information content (AvgIpc) is 2.87. The molecule has 18 heavy (non-hydrogen) atoms. The summed E-state index contributed by atoms with van der Waals surface area (Å²) in [6.07, 6.45) is 2.22. The van der Waals surface area contributed by atoms with Gasteiger partial charge in [0.1, 0.15) is 0 Å². The van der Waals surface area contributed by atoms with Crippen LogP contribution in [0.5, 0.6) is 0 Å². The lowest BCUT2D eigenvalue weighted by atomic mass is 10.2. The third-order valence-corrected chi connectivity index (χ3v) is 3.16. The van der Waals surface area contributed by atoms with Crippen LogP contribution in [0.25, 0.3) is 0 Å². The minimum atomic E-state index is -0.187. The van der Waals surface area contributed by atoms with Crippen molar-refractivity contribution in [3.05, 3.63) is 17.8 Å². The van der Waals surface area contributed by atoms with Gasteiger partial charge in [0.05, 0.1) is 0 Å². The van der Waals surface area contributed by atoms with Crippen LogP contribution in [0, 0.1) is 0 Å². The molecule has 6 nitrogen and oxygen atoms in total. The molecule has 0 bridgehead atoms. The molecule has 1 aliphatic rings. The number of carbonyl (C=O) groups excluding carboxylic acids is 1. The van der Waals surface area contributed by atoms with Crippen molar-refractivity contribution >= 4 is 11.7 Å². The smallest absolute Gasteiger partial charge is 0.271 e. The van der Waals surface area contributed by atoms with Gasteiger partial charge in [-0.05, 0) is 31.9 Å². The Balaban J connectivity index is 2.10. The molecular formula is C12H19N5O. The molecule has 0 spiro atoms. The van der Waals surface area contributed by atoms with Gasteiger partial charge in [-0.1, -0.05) is 0 Å². The topological polar surface area (TPSA) is 84.1 Å². The maximum absolute atomic E-state index is 11.6. The van der Waals surface area contributed by atoms with Gasteiger partial charge in [0.25, 0.3) is 5.91 Å². The molecule has 1 aromatic rings. The molecule has 1 amide bonds. The Bertz CT molecular complexity index is 405. The number of nitrogens with two attached hydrogens (primary N) is 1. The molecule has 98 valence electrons. The van der Waals surface area contributed by atoms with Crippen molar-refractivity contribution in [2.75, 3.05) is 24.5 Å². The van der Waals surface area contributed by atoms with Crippen LogP contribution in [0.4, 0.5) is 5.82 Å². The quantitative estimate of drug-likeness (QED) is 0.793. The number of rotatable bonds is 4. The first-order valence-corrected chi connectivity index (χ1v) is 6.35. The Labute approximate surface area is 107 Å². The van der Waals surface area contributed by atoms with Gasteiger partial charge in [-0.15, -0.1) is 10.2 Å². The highest BCUT2D eigenvalue weighted by Gasteiger charge is 2.24. The summed E-state index contributed by atoms with van der Waals surface area (Å²) in [6.45, 7) is 4.04. The van der Waals surface area contributed by atoms with Gasteiger partial charge in [0, 0.05) is 25.7 Å². The highest BCUT2D eigenvalue weighted by atomic mass is 16.1. The second-order valence-corrected chi connectivity index (χ2v) is 4.36. The average molecular weight is 249 g/mol. The molecule has 6 heteroatoms. The van der Waals surface area contributed by atoms with E-state index >= 15 is 0 Å². The van der Waals surface area contributed by atoms with Gasteiger partial charge >= 0.3 is 0 Å². The van der Waals surface area contributed by atoms with Crippen molar-refractivity contribution in [2.24, 2.45) is 5.73 Å². The third-order valence-electron chi connectivity index (χ3n) is 3.16. The maximum Gasteiger partial charge on any atom is 0.271 e. The van der Waals surface area contributed by atoms with E-state index < -0.39 is 0 Å². The molecule has 0 radical (unpaired) electrons. The van der Waals surface area contributed by atoms with Crippen LogP contribution in [0.2, 0.25) is 0 Å². The molecule has 1 aromatic heterocycles. The molecule has 0 saturated carbocycles. The van der Waals surface area contributed by atoms with Gasteiger partial charge < -0.3 is 16.0 Å². The standard InChI is InChI=1S/C12H19N5O/c1-2-14-12(18)10-5-6-11(16-15-10)17-7-3-4-9(17)8-13/h5-6,9H,2-4,7-8,13H2,1H3,(H,14,18). The van der Waals surface area contributed by atoms with Crippen molar-refractivity contribution in [3.8, 4) is 0 Å². The van der Waals surface area contributed by atoms with Crippen LogP contribution in [-0.4, -0.2) is 41.8 Å². The number of nitrogens with zero attached hydrogens (tertiary/aromatic N) is 3. The van der Waals surface area contributed by atoms with Crippen LogP contribution < -0.4 is 16.0 Å². The first-order chi connectivity index (χ1) is 8.76. The predicted octanol–water partition coefficient (Wildman–Crippen LogP) is 0.154. The summed E-state index contributed by atoms with van der Waals surface area (Å²) >= 11 is 0. The van der Waals surface area contributed by atoms with E-state index in [9.17, 15) is 4.79 Å². The monoisotopic (exact) mass is 249 g/mol. The molecule has 1 aliphatic heterocycles. The molecule has 0 aliphatic carbocycles. The van der Waals surface area contributed by atoms with Crippen molar-refractivity contribution in [2.45, 2.75) is 25.8 Å². The zero-order chi connectivity index (χ0) is 13.0. The fourth-order valence-corrected chi connectivity index (χ4v) is 2.23. The molecular weight excluding hydrogens is 230 g/mol. The zero-order valence-electron chi connectivity index (χ0n) is 10.6. The Kier molecular flexibility index (Phi) is 4.09. The Morgan fingerprint density at radius 2 is 2.39 bits per heavy atom. The fourth-order valence-electron chi connectivity index (χ4n) is 2.23. The SMILES string of the molecule is CCNC(=O)c1ccc(N2CCCC2CN)nn1. The number of carbonyl (C=O) groups is 1. The number of hydrogen-bond acceptors (Lipinski definition) is 5. The van der Waals surface area contributed by atoms with Crippen LogP contribution >= 0.6 is 0 Å². The van der Waals surface area contributed by atoms with E-state index in [1.165, 1.54) is 0 Å². The zero-order valence-corrected chi connectivity index (χ0v) is 10.6. The summed E-state index contributed by atoms with van der Waals surface area (Å²) in [4.78, 5) is 13.7. The first kappa shape index (κ1) is 12.8. The number of anilines is 1. The van der Waals surface area contributed by atoms with Crippen LogP contribution in [0.1, 0.15) is 30.3 Å². The maximum atomic E-state index is 11.6. The minimum Gasteiger partial charge on any atom is -0.351 e. The van der Waals surface area contributed by atoms with E-state index in [2.05, 4.69) is 20.4 Å². The molecule has 2 rings (SSSR count). The number of aromatic nitrogens is 2. The lowest BCUT2D eigenvalue weighted by Gasteiger charge is -2.23. The summed E-state index contributed by atoms with van der Waals surface area (Å²) in [7, 11) is 0. The van der Waals surface area contributed by atoms with Gasteiger partial charge in [-0.2, -0.15) is 0 Å². The largest absolute Gasteiger partial charge is 0.351 e. The first-order valence-electron chi connectivity index (χ1n) is 6.35.